The molecule has 0 bridgehead atoms. The fourth-order valence-electron chi connectivity index (χ4n) is 3.58. The maximum Gasteiger partial charge on any atom is 0.258 e. The summed E-state index contributed by atoms with van der Waals surface area (Å²) >= 11 is 0. The first kappa shape index (κ1) is 18.9. The van der Waals surface area contributed by atoms with Gasteiger partial charge >= 0.3 is 0 Å². The maximum absolute atomic E-state index is 5.56. The van der Waals surface area contributed by atoms with Gasteiger partial charge in [-0.1, -0.05) is 47.6 Å². The molecule has 0 aliphatic heterocycles. The Morgan fingerprint density at radius 1 is 0.935 bits per heavy atom. The van der Waals surface area contributed by atoms with Gasteiger partial charge in [0.05, 0.1) is 17.1 Å². The molecule has 152 valence electrons. The maximum atomic E-state index is 5.56. The van der Waals surface area contributed by atoms with Crippen LogP contribution in [0.2, 0.25) is 0 Å². The number of fused-ring (bicyclic) bond motifs is 1. The van der Waals surface area contributed by atoms with Crippen LogP contribution >= 0.6 is 0 Å². The summed E-state index contributed by atoms with van der Waals surface area (Å²) in [6.07, 6.45) is 3.62. The van der Waals surface area contributed by atoms with Crippen LogP contribution in [-0.2, 0) is 0 Å². The van der Waals surface area contributed by atoms with E-state index in [1.54, 1.807) is 6.20 Å². The van der Waals surface area contributed by atoms with E-state index in [1.165, 1.54) is 0 Å². The summed E-state index contributed by atoms with van der Waals surface area (Å²) in [6.45, 7) is 4.14. The van der Waals surface area contributed by atoms with E-state index in [0.717, 1.165) is 33.2 Å². The number of pyridine rings is 2. The summed E-state index contributed by atoms with van der Waals surface area (Å²) in [5, 5.41) is 8.80. The first-order valence-electron chi connectivity index (χ1n) is 10.2. The van der Waals surface area contributed by atoms with Crippen molar-refractivity contribution in [3.8, 4) is 22.8 Å². The topological polar surface area (TPSA) is 76.7 Å². The average molecular weight is 407 g/mol. The molecule has 0 amide bonds. The molecule has 1 N–H and O–H groups in total. The van der Waals surface area contributed by atoms with Crippen LogP contribution in [0.5, 0.6) is 0 Å². The molecular weight excluding hydrogens is 386 g/mol. The molecule has 3 aromatic heterocycles. The molecule has 0 fully saturated rings. The summed E-state index contributed by atoms with van der Waals surface area (Å²) in [7, 11) is 0. The quantitative estimate of drug-likeness (QED) is 0.395. The predicted octanol–water partition coefficient (Wildman–Crippen LogP) is 5.83. The Labute approximate surface area is 180 Å². The molecule has 0 unspecified atom stereocenters. The van der Waals surface area contributed by atoms with Gasteiger partial charge in [-0.3, -0.25) is 4.98 Å². The Hall–Kier alpha value is -4.06. The second kappa shape index (κ2) is 7.99. The third kappa shape index (κ3) is 3.75. The van der Waals surface area contributed by atoms with Crippen LogP contribution in [0.4, 0.5) is 5.82 Å². The highest BCUT2D eigenvalue weighted by Crippen LogP contribution is 2.32. The number of anilines is 1. The van der Waals surface area contributed by atoms with E-state index in [-0.39, 0.29) is 6.04 Å². The summed E-state index contributed by atoms with van der Waals surface area (Å²) < 4.78 is 5.56. The van der Waals surface area contributed by atoms with Crippen molar-refractivity contribution in [2.24, 2.45) is 0 Å². The number of aromatic nitrogens is 4. The van der Waals surface area contributed by atoms with Crippen LogP contribution in [0.25, 0.3) is 33.7 Å². The lowest BCUT2D eigenvalue weighted by atomic mass is 10.1. The van der Waals surface area contributed by atoms with Crippen molar-refractivity contribution in [2.75, 3.05) is 5.32 Å². The lowest BCUT2D eigenvalue weighted by Crippen LogP contribution is -2.10. The molecule has 1 atom stereocenters. The third-order valence-corrected chi connectivity index (χ3v) is 5.27. The van der Waals surface area contributed by atoms with Crippen LogP contribution < -0.4 is 5.32 Å². The van der Waals surface area contributed by atoms with E-state index >= 15 is 0 Å². The smallest absolute Gasteiger partial charge is 0.258 e. The fraction of sp³-hybridized carbons (Fsp3) is 0.120. The second-order valence-electron chi connectivity index (χ2n) is 7.47. The van der Waals surface area contributed by atoms with Crippen LogP contribution in [0.3, 0.4) is 0 Å². The Morgan fingerprint density at radius 2 is 1.81 bits per heavy atom. The average Bonchev–Trinajstić information content (AvgIpc) is 3.30. The Bertz CT molecular complexity index is 1330. The molecule has 0 spiro atoms. The van der Waals surface area contributed by atoms with Crippen molar-refractivity contribution >= 4 is 16.7 Å². The molecule has 5 aromatic rings. The second-order valence-corrected chi connectivity index (χ2v) is 7.47. The van der Waals surface area contributed by atoms with Crippen molar-refractivity contribution in [3.63, 3.8) is 0 Å². The monoisotopic (exact) mass is 407 g/mol. The minimum Gasteiger partial charge on any atom is -0.363 e. The lowest BCUT2D eigenvalue weighted by Gasteiger charge is -2.17. The van der Waals surface area contributed by atoms with E-state index in [4.69, 9.17) is 9.51 Å². The summed E-state index contributed by atoms with van der Waals surface area (Å²) in [6, 6.07) is 21.9. The van der Waals surface area contributed by atoms with Gasteiger partial charge in [-0.05, 0) is 49.2 Å². The lowest BCUT2D eigenvalue weighted by molar-refractivity contribution is 0.432. The van der Waals surface area contributed by atoms with Crippen molar-refractivity contribution in [2.45, 2.75) is 19.9 Å². The molecule has 2 aromatic carbocycles. The van der Waals surface area contributed by atoms with Gasteiger partial charge in [0.15, 0.2) is 0 Å². The first-order chi connectivity index (χ1) is 15.2. The van der Waals surface area contributed by atoms with Gasteiger partial charge in [0.25, 0.3) is 5.89 Å². The standard InChI is InChI=1S/C25H21N5O/c1-16-8-6-11-19-14-21(24-29-25(31-30-24)18-9-4-3-5-10-18)23(28-22(16)19)27-17(2)20-12-7-13-26-15-20/h3-15,17H,1-2H3,(H,27,28)/t17-/m1/s1. The zero-order valence-corrected chi connectivity index (χ0v) is 17.3. The van der Waals surface area contributed by atoms with E-state index < -0.39 is 0 Å². The van der Waals surface area contributed by atoms with Gasteiger partial charge in [-0.15, -0.1) is 0 Å². The van der Waals surface area contributed by atoms with Crippen LogP contribution in [-0.4, -0.2) is 20.1 Å². The van der Waals surface area contributed by atoms with Gasteiger partial charge in [0.2, 0.25) is 5.82 Å². The predicted molar refractivity (Wildman–Crippen MR) is 121 cm³/mol. The van der Waals surface area contributed by atoms with Gasteiger partial charge in [-0.2, -0.15) is 4.98 Å². The summed E-state index contributed by atoms with van der Waals surface area (Å²) in [5.41, 5.74) is 4.79. The molecule has 0 radical (unpaired) electrons. The van der Waals surface area contributed by atoms with Crippen molar-refractivity contribution in [3.05, 3.63) is 90.3 Å². The summed E-state index contributed by atoms with van der Waals surface area (Å²) in [5.74, 6) is 1.68. The minimum absolute atomic E-state index is 0.00177. The molecule has 0 saturated carbocycles. The molecule has 3 heterocycles. The van der Waals surface area contributed by atoms with Gasteiger partial charge in [-0.25, -0.2) is 4.98 Å². The van der Waals surface area contributed by atoms with Crippen LogP contribution in [0, 0.1) is 6.92 Å². The third-order valence-electron chi connectivity index (χ3n) is 5.27. The molecule has 0 saturated heterocycles. The number of aryl methyl sites for hydroxylation is 1. The van der Waals surface area contributed by atoms with Crippen LogP contribution in [0.1, 0.15) is 24.1 Å². The largest absolute Gasteiger partial charge is 0.363 e. The molecule has 0 aliphatic rings. The number of benzene rings is 2. The number of nitrogens with one attached hydrogen (secondary N) is 1. The SMILES string of the molecule is Cc1cccc2cc(-c3noc(-c4ccccc4)n3)c(N[C@H](C)c3cccnc3)nc12. The molecule has 6 nitrogen and oxygen atoms in total. The Kier molecular flexibility index (Phi) is 4.88. The number of rotatable bonds is 5. The number of nitrogens with zero attached hydrogens (tertiary/aromatic N) is 4. The molecule has 6 heteroatoms. The van der Waals surface area contributed by atoms with Crippen molar-refractivity contribution in [1.82, 2.24) is 20.1 Å². The summed E-state index contributed by atoms with van der Waals surface area (Å²) in [4.78, 5) is 13.8. The first-order valence-corrected chi connectivity index (χ1v) is 10.2. The van der Waals surface area contributed by atoms with Crippen molar-refractivity contribution < 1.29 is 4.52 Å². The molecule has 0 aliphatic carbocycles. The number of para-hydroxylation sites is 1. The minimum atomic E-state index is 0.00177. The molecule has 5 rings (SSSR count). The van der Waals surface area contributed by atoms with Crippen molar-refractivity contribution in [1.29, 1.82) is 0 Å². The fourth-order valence-corrected chi connectivity index (χ4v) is 3.58. The highest BCUT2D eigenvalue weighted by molar-refractivity contribution is 5.90. The molecule has 31 heavy (non-hydrogen) atoms. The number of hydrogen-bond donors (Lipinski definition) is 1. The zero-order valence-electron chi connectivity index (χ0n) is 17.3. The van der Waals surface area contributed by atoms with E-state index in [9.17, 15) is 0 Å². The van der Waals surface area contributed by atoms with Gasteiger partial charge < -0.3 is 9.84 Å². The van der Waals surface area contributed by atoms with E-state index in [1.807, 2.05) is 60.8 Å². The highest BCUT2D eigenvalue weighted by Gasteiger charge is 2.18. The number of hydrogen-bond acceptors (Lipinski definition) is 6. The van der Waals surface area contributed by atoms with Gasteiger partial charge in [0.1, 0.15) is 5.82 Å². The van der Waals surface area contributed by atoms with E-state index in [2.05, 4.69) is 46.4 Å². The normalized spacial score (nSPS) is 12.1. The zero-order chi connectivity index (χ0) is 21.2. The van der Waals surface area contributed by atoms with E-state index in [0.29, 0.717) is 17.5 Å². The molecular formula is C25H21N5O. The van der Waals surface area contributed by atoms with Crippen LogP contribution in [0.15, 0.2) is 83.6 Å². The van der Waals surface area contributed by atoms with Gasteiger partial charge in [0, 0.05) is 23.3 Å². The highest BCUT2D eigenvalue weighted by atomic mass is 16.5. The Morgan fingerprint density at radius 3 is 2.61 bits per heavy atom. The Balaban J connectivity index is 1.61.